The van der Waals surface area contributed by atoms with Crippen LogP contribution < -0.4 is 5.32 Å². The Labute approximate surface area is 107 Å². The van der Waals surface area contributed by atoms with Crippen LogP contribution in [0.15, 0.2) is 0 Å². The SMILES string of the molecule is CC(C)CC1CCCC(N2CCNC(C)C2)C1. The van der Waals surface area contributed by atoms with E-state index in [1.807, 2.05) is 0 Å². The van der Waals surface area contributed by atoms with Gasteiger partial charge in [0.1, 0.15) is 0 Å². The summed E-state index contributed by atoms with van der Waals surface area (Å²) >= 11 is 0. The molecule has 1 saturated heterocycles. The van der Waals surface area contributed by atoms with E-state index in [1.165, 1.54) is 51.7 Å². The van der Waals surface area contributed by atoms with Gasteiger partial charge in [0.15, 0.2) is 0 Å². The maximum absolute atomic E-state index is 3.55. The van der Waals surface area contributed by atoms with Crippen molar-refractivity contribution < 1.29 is 0 Å². The zero-order chi connectivity index (χ0) is 12.3. The van der Waals surface area contributed by atoms with Crippen molar-refractivity contribution in [3.63, 3.8) is 0 Å². The minimum Gasteiger partial charge on any atom is -0.312 e. The molecule has 0 spiro atoms. The molecule has 1 aliphatic heterocycles. The third-order valence-electron chi connectivity index (χ3n) is 4.48. The van der Waals surface area contributed by atoms with Crippen molar-refractivity contribution in [2.75, 3.05) is 19.6 Å². The molecular formula is C15H30N2. The topological polar surface area (TPSA) is 15.3 Å². The van der Waals surface area contributed by atoms with Crippen LogP contribution in [0.3, 0.4) is 0 Å². The van der Waals surface area contributed by atoms with Gasteiger partial charge in [0, 0.05) is 31.7 Å². The van der Waals surface area contributed by atoms with Crippen molar-refractivity contribution in [3.05, 3.63) is 0 Å². The van der Waals surface area contributed by atoms with E-state index < -0.39 is 0 Å². The number of nitrogens with zero attached hydrogens (tertiary/aromatic N) is 1. The lowest BCUT2D eigenvalue weighted by molar-refractivity contribution is 0.0948. The highest BCUT2D eigenvalue weighted by Gasteiger charge is 2.29. The number of piperazine rings is 1. The van der Waals surface area contributed by atoms with Gasteiger partial charge in [-0.3, -0.25) is 4.90 Å². The van der Waals surface area contributed by atoms with Gasteiger partial charge in [0.25, 0.3) is 0 Å². The average molecular weight is 238 g/mol. The molecule has 0 bridgehead atoms. The van der Waals surface area contributed by atoms with E-state index in [9.17, 15) is 0 Å². The molecule has 0 aromatic carbocycles. The van der Waals surface area contributed by atoms with Gasteiger partial charge in [0.05, 0.1) is 0 Å². The van der Waals surface area contributed by atoms with Crippen LogP contribution in [-0.4, -0.2) is 36.6 Å². The van der Waals surface area contributed by atoms with Gasteiger partial charge >= 0.3 is 0 Å². The van der Waals surface area contributed by atoms with Crippen molar-refractivity contribution in [2.24, 2.45) is 11.8 Å². The fraction of sp³-hybridized carbons (Fsp3) is 1.00. The van der Waals surface area contributed by atoms with Crippen molar-refractivity contribution in [1.29, 1.82) is 0 Å². The molecule has 0 aromatic heterocycles. The highest BCUT2D eigenvalue weighted by Crippen LogP contribution is 2.32. The Bertz CT molecular complexity index is 227. The first-order valence-corrected chi connectivity index (χ1v) is 7.62. The molecule has 3 atom stereocenters. The Morgan fingerprint density at radius 3 is 2.82 bits per heavy atom. The molecule has 2 nitrogen and oxygen atoms in total. The summed E-state index contributed by atoms with van der Waals surface area (Å²) in [5.41, 5.74) is 0. The lowest BCUT2D eigenvalue weighted by Crippen LogP contribution is -2.53. The van der Waals surface area contributed by atoms with E-state index in [2.05, 4.69) is 31.0 Å². The van der Waals surface area contributed by atoms with Crippen molar-refractivity contribution >= 4 is 0 Å². The third kappa shape index (κ3) is 3.96. The van der Waals surface area contributed by atoms with E-state index in [-0.39, 0.29) is 0 Å². The normalized spacial score (nSPS) is 36.4. The van der Waals surface area contributed by atoms with Crippen LogP contribution in [-0.2, 0) is 0 Å². The van der Waals surface area contributed by atoms with Crippen LogP contribution in [0, 0.1) is 11.8 Å². The molecule has 1 aliphatic carbocycles. The maximum atomic E-state index is 3.55. The Morgan fingerprint density at radius 2 is 2.12 bits per heavy atom. The molecule has 2 fully saturated rings. The Balaban J connectivity index is 1.83. The Hall–Kier alpha value is -0.0800. The second-order valence-electron chi connectivity index (χ2n) is 6.67. The first-order chi connectivity index (χ1) is 8.15. The van der Waals surface area contributed by atoms with Crippen molar-refractivity contribution in [2.45, 2.75) is 65.0 Å². The molecule has 0 aromatic rings. The fourth-order valence-corrected chi connectivity index (χ4v) is 3.77. The van der Waals surface area contributed by atoms with Gasteiger partial charge in [-0.1, -0.05) is 26.7 Å². The predicted molar refractivity (Wildman–Crippen MR) is 74.2 cm³/mol. The first kappa shape index (κ1) is 13.4. The quantitative estimate of drug-likeness (QED) is 0.813. The smallest absolute Gasteiger partial charge is 0.0167 e. The van der Waals surface area contributed by atoms with Gasteiger partial charge < -0.3 is 5.32 Å². The van der Waals surface area contributed by atoms with Gasteiger partial charge in [0.2, 0.25) is 0 Å². The predicted octanol–water partition coefficient (Wildman–Crippen LogP) is 2.89. The van der Waals surface area contributed by atoms with E-state index in [0.29, 0.717) is 6.04 Å². The van der Waals surface area contributed by atoms with Crippen molar-refractivity contribution in [3.8, 4) is 0 Å². The summed E-state index contributed by atoms with van der Waals surface area (Å²) in [6.45, 7) is 10.8. The van der Waals surface area contributed by atoms with Crippen molar-refractivity contribution in [1.82, 2.24) is 10.2 Å². The highest BCUT2D eigenvalue weighted by molar-refractivity contribution is 4.85. The van der Waals surface area contributed by atoms with Crippen LogP contribution in [0.25, 0.3) is 0 Å². The molecule has 1 heterocycles. The van der Waals surface area contributed by atoms with E-state index in [0.717, 1.165) is 17.9 Å². The molecule has 2 heteroatoms. The molecule has 2 aliphatic rings. The summed E-state index contributed by atoms with van der Waals surface area (Å²) in [6, 6.07) is 1.58. The largest absolute Gasteiger partial charge is 0.312 e. The second kappa shape index (κ2) is 6.19. The van der Waals surface area contributed by atoms with Gasteiger partial charge in [-0.15, -0.1) is 0 Å². The van der Waals surface area contributed by atoms with E-state index >= 15 is 0 Å². The van der Waals surface area contributed by atoms with Gasteiger partial charge in [-0.25, -0.2) is 0 Å². The Morgan fingerprint density at radius 1 is 1.29 bits per heavy atom. The molecule has 0 amide bonds. The monoisotopic (exact) mass is 238 g/mol. The summed E-state index contributed by atoms with van der Waals surface area (Å²) in [7, 11) is 0. The zero-order valence-electron chi connectivity index (χ0n) is 11.9. The molecular weight excluding hydrogens is 208 g/mol. The lowest BCUT2D eigenvalue weighted by atomic mass is 9.80. The van der Waals surface area contributed by atoms with Crippen LogP contribution in [0.4, 0.5) is 0 Å². The Kier molecular flexibility index (Phi) is 4.87. The second-order valence-corrected chi connectivity index (χ2v) is 6.67. The molecule has 2 rings (SSSR count). The fourth-order valence-electron chi connectivity index (χ4n) is 3.77. The van der Waals surface area contributed by atoms with Crippen LogP contribution in [0.2, 0.25) is 0 Å². The first-order valence-electron chi connectivity index (χ1n) is 7.62. The summed E-state index contributed by atoms with van der Waals surface area (Å²) in [6.07, 6.45) is 7.29. The van der Waals surface area contributed by atoms with Gasteiger partial charge in [-0.2, -0.15) is 0 Å². The number of rotatable bonds is 3. The lowest BCUT2D eigenvalue weighted by Gasteiger charge is -2.42. The summed E-state index contributed by atoms with van der Waals surface area (Å²) < 4.78 is 0. The number of hydrogen-bond acceptors (Lipinski definition) is 2. The minimum atomic E-state index is 0.689. The van der Waals surface area contributed by atoms with Crippen LogP contribution in [0.5, 0.6) is 0 Å². The van der Waals surface area contributed by atoms with E-state index in [1.54, 1.807) is 0 Å². The minimum absolute atomic E-state index is 0.689. The number of nitrogens with one attached hydrogen (secondary N) is 1. The highest BCUT2D eigenvalue weighted by atomic mass is 15.2. The zero-order valence-corrected chi connectivity index (χ0v) is 11.9. The van der Waals surface area contributed by atoms with Crippen LogP contribution >= 0.6 is 0 Å². The molecule has 1 N–H and O–H groups in total. The maximum Gasteiger partial charge on any atom is 0.0167 e. The third-order valence-corrected chi connectivity index (χ3v) is 4.48. The molecule has 3 unspecified atom stereocenters. The summed E-state index contributed by atoms with van der Waals surface area (Å²) in [4.78, 5) is 2.76. The molecule has 100 valence electrons. The molecule has 17 heavy (non-hydrogen) atoms. The molecule has 1 saturated carbocycles. The number of hydrogen-bond donors (Lipinski definition) is 1. The van der Waals surface area contributed by atoms with Crippen LogP contribution in [0.1, 0.15) is 52.9 Å². The summed E-state index contributed by atoms with van der Waals surface area (Å²) in [5, 5.41) is 3.55. The standard InChI is InChI=1S/C15H30N2/c1-12(2)9-14-5-4-6-15(10-14)17-8-7-16-13(3)11-17/h12-16H,4-11H2,1-3H3. The average Bonchev–Trinajstić information content (AvgIpc) is 2.28. The molecule has 0 radical (unpaired) electrons. The van der Waals surface area contributed by atoms with E-state index in [4.69, 9.17) is 0 Å². The van der Waals surface area contributed by atoms with Gasteiger partial charge in [-0.05, 0) is 38.0 Å². The summed E-state index contributed by atoms with van der Waals surface area (Å²) in [5.74, 6) is 1.87.